The van der Waals surface area contributed by atoms with Crippen molar-refractivity contribution in [3.8, 4) is 0 Å². The van der Waals surface area contributed by atoms with Gasteiger partial charge < -0.3 is 9.30 Å². The van der Waals surface area contributed by atoms with E-state index in [4.69, 9.17) is 4.74 Å². The summed E-state index contributed by atoms with van der Waals surface area (Å²) in [5, 5.41) is 0.843. The van der Waals surface area contributed by atoms with Crippen LogP contribution in [0.5, 0.6) is 0 Å². The molecular weight excluding hydrogens is 235 g/mol. The maximum Gasteiger partial charge on any atom is 0.338 e. The second kappa shape index (κ2) is 6.02. The van der Waals surface area contributed by atoms with Gasteiger partial charge in [-0.25, -0.2) is 4.79 Å². The molecule has 1 aromatic rings. The Labute approximate surface area is 103 Å². The van der Waals surface area contributed by atoms with E-state index in [1.807, 2.05) is 13.8 Å². The quantitative estimate of drug-likeness (QED) is 0.599. The van der Waals surface area contributed by atoms with Crippen LogP contribution in [0.2, 0.25) is 0 Å². The normalized spacial score (nSPS) is 11.2. The number of esters is 1. The third-order valence-electron chi connectivity index (χ3n) is 2.87. The second-order valence-electron chi connectivity index (χ2n) is 3.79. The summed E-state index contributed by atoms with van der Waals surface area (Å²) in [5.41, 5.74) is 0.509. The summed E-state index contributed by atoms with van der Waals surface area (Å²) in [7, 11) is -2.25. The fraction of sp³-hybridized carbons (Fsp3) is 0.462. The standard InChI is InChI=1S/C13H19O3P/c1-4-16-13(14)11-7-9-12(10-8-11)17(15,5-2)6-3/h7-10H,4-6H2,1-3H3. The van der Waals surface area contributed by atoms with Gasteiger partial charge in [0.05, 0.1) is 12.2 Å². The molecule has 0 bridgehead atoms. The number of rotatable bonds is 5. The van der Waals surface area contributed by atoms with Gasteiger partial charge in [-0.1, -0.05) is 26.0 Å². The van der Waals surface area contributed by atoms with E-state index in [1.165, 1.54) is 0 Å². The van der Waals surface area contributed by atoms with Gasteiger partial charge in [0.15, 0.2) is 0 Å². The molecule has 17 heavy (non-hydrogen) atoms. The lowest BCUT2D eigenvalue weighted by molar-refractivity contribution is 0.0526. The Morgan fingerprint density at radius 3 is 2.06 bits per heavy atom. The van der Waals surface area contributed by atoms with E-state index in [1.54, 1.807) is 31.2 Å². The van der Waals surface area contributed by atoms with Gasteiger partial charge in [-0.3, -0.25) is 0 Å². The molecule has 0 fully saturated rings. The van der Waals surface area contributed by atoms with E-state index in [0.717, 1.165) is 5.30 Å². The number of carbonyl (C=O) groups is 1. The Morgan fingerprint density at radius 2 is 1.65 bits per heavy atom. The molecule has 0 aliphatic rings. The summed E-state index contributed by atoms with van der Waals surface area (Å²) in [4.78, 5) is 11.5. The number of carbonyl (C=O) groups excluding carboxylic acids is 1. The average molecular weight is 254 g/mol. The first-order valence-electron chi connectivity index (χ1n) is 5.93. The molecule has 0 unspecified atom stereocenters. The third-order valence-corrected chi connectivity index (χ3v) is 6.15. The van der Waals surface area contributed by atoms with E-state index >= 15 is 0 Å². The molecule has 0 aliphatic heterocycles. The topological polar surface area (TPSA) is 43.4 Å². The fourth-order valence-corrected chi connectivity index (χ4v) is 3.54. The predicted molar refractivity (Wildman–Crippen MR) is 70.7 cm³/mol. The summed E-state index contributed by atoms with van der Waals surface area (Å²) in [6.07, 6.45) is 1.31. The Hall–Kier alpha value is -1.08. The Balaban J connectivity index is 2.95. The Morgan fingerprint density at radius 1 is 1.12 bits per heavy atom. The van der Waals surface area contributed by atoms with Crippen molar-refractivity contribution in [3.05, 3.63) is 29.8 Å². The number of benzene rings is 1. The maximum atomic E-state index is 12.4. The van der Waals surface area contributed by atoms with Crippen LogP contribution in [0.1, 0.15) is 31.1 Å². The van der Waals surface area contributed by atoms with Crippen LogP contribution in [-0.4, -0.2) is 24.9 Å². The van der Waals surface area contributed by atoms with Crippen molar-refractivity contribution in [1.29, 1.82) is 0 Å². The lowest BCUT2D eigenvalue weighted by atomic mass is 10.2. The van der Waals surface area contributed by atoms with Crippen LogP contribution in [0.25, 0.3) is 0 Å². The zero-order valence-electron chi connectivity index (χ0n) is 10.6. The molecule has 1 aromatic carbocycles. The molecule has 0 N–H and O–H groups in total. The first-order valence-corrected chi connectivity index (χ1v) is 8.01. The van der Waals surface area contributed by atoms with E-state index in [2.05, 4.69) is 0 Å². The monoisotopic (exact) mass is 254 g/mol. The average Bonchev–Trinajstić information content (AvgIpc) is 2.38. The summed E-state index contributed by atoms with van der Waals surface area (Å²) in [6, 6.07) is 6.93. The van der Waals surface area contributed by atoms with Gasteiger partial charge in [-0.15, -0.1) is 0 Å². The maximum absolute atomic E-state index is 12.4. The second-order valence-corrected chi connectivity index (χ2v) is 7.35. The molecule has 1 rings (SSSR count). The Kier molecular flexibility index (Phi) is 4.95. The van der Waals surface area contributed by atoms with E-state index in [0.29, 0.717) is 24.5 Å². The minimum atomic E-state index is -2.25. The molecule has 0 heterocycles. The van der Waals surface area contributed by atoms with Crippen molar-refractivity contribution in [2.24, 2.45) is 0 Å². The van der Waals surface area contributed by atoms with Gasteiger partial charge in [0, 0.05) is 17.6 Å². The minimum Gasteiger partial charge on any atom is -0.462 e. The smallest absolute Gasteiger partial charge is 0.338 e. The van der Waals surface area contributed by atoms with Crippen LogP contribution in [0.3, 0.4) is 0 Å². The highest BCUT2D eigenvalue weighted by molar-refractivity contribution is 7.71. The first kappa shape index (κ1) is 14.0. The fourth-order valence-electron chi connectivity index (χ4n) is 1.67. The lowest BCUT2D eigenvalue weighted by Gasteiger charge is -2.14. The molecular formula is C13H19O3P. The van der Waals surface area contributed by atoms with Gasteiger partial charge >= 0.3 is 5.97 Å². The van der Waals surface area contributed by atoms with Crippen LogP contribution in [-0.2, 0) is 9.30 Å². The van der Waals surface area contributed by atoms with Gasteiger partial charge in [-0.2, -0.15) is 0 Å². The number of hydrogen-bond acceptors (Lipinski definition) is 3. The van der Waals surface area contributed by atoms with Crippen molar-refractivity contribution in [2.45, 2.75) is 20.8 Å². The van der Waals surface area contributed by atoms with Crippen LogP contribution in [0.15, 0.2) is 24.3 Å². The lowest BCUT2D eigenvalue weighted by Crippen LogP contribution is -2.11. The molecule has 0 spiro atoms. The molecule has 0 amide bonds. The van der Waals surface area contributed by atoms with Crippen molar-refractivity contribution >= 4 is 18.4 Å². The molecule has 0 radical (unpaired) electrons. The summed E-state index contributed by atoms with van der Waals surface area (Å²) in [6.45, 7) is 6.00. The van der Waals surface area contributed by atoms with Crippen molar-refractivity contribution in [1.82, 2.24) is 0 Å². The molecule has 3 nitrogen and oxygen atoms in total. The Bertz CT molecular complexity index is 415. The van der Waals surface area contributed by atoms with Gasteiger partial charge in [0.2, 0.25) is 0 Å². The summed E-state index contributed by atoms with van der Waals surface area (Å²) < 4.78 is 17.3. The van der Waals surface area contributed by atoms with Crippen molar-refractivity contribution < 1.29 is 14.1 Å². The van der Waals surface area contributed by atoms with Crippen LogP contribution < -0.4 is 5.30 Å². The van der Waals surface area contributed by atoms with Crippen molar-refractivity contribution in [2.75, 3.05) is 18.9 Å². The molecule has 0 aliphatic carbocycles. The molecule has 0 saturated heterocycles. The predicted octanol–water partition coefficient (Wildman–Crippen LogP) is 2.89. The summed E-state index contributed by atoms with van der Waals surface area (Å²) in [5.74, 6) is -0.332. The van der Waals surface area contributed by atoms with Gasteiger partial charge in [0.25, 0.3) is 0 Å². The van der Waals surface area contributed by atoms with Crippen LogP contribution in [0.4, 0.5) is 0 Å². The SMILES string of the molecule is CCOC(=O)c1ccc(P(=O)(CC)CC)cc1. The molecule has 94 valence electrons. The molecule has 4 heteroatoms. The molecule has 0 aromatic heterocycles. The highest BCUT2D eigenvalue weighted by Gasteiger charge is 2.20. The highest BCUT2D eigenvalue weighted by Crippen LogP contribution is 2.43. The van der Waals surface area contributed by atoms with E-state index in [-0.39, 0.29) is 5.97 Å². The van der Waals surface area contributed by atoms with Gasteiger partial charge in [-0.05, 0) is 19.1 Å². The highest BCUT2D eigenvalue weighted by atomic mass is 31.2. The van der Waals surface area contributed by atoms with Crippen LogP contribution >= 0.6 is 7.14 Å². The number of ether oxygens (including phenoxy) is 1. The zero-order valence-corrected chi connectivity index (χ0v) is 11.5. The largest absolute Gasteiger partial charge is 0.462 e. The van der Waals surface area contributed by atoms with Crippen LogP contribution in [0, 0.1) is 0 Å². The molecule has 0 atom stereocenters. The summed E-state index contributed by atoms with van der Waals surface area (Å²) >= 11 is 0. The minimum absolute atomic E-state index is 0.332. The van der Waals surface area contributed by atoms with Gasteiger partial charge in [0.1, 0.15) is 7.14 Å². The zero-order chi connectivity index (χ0) is 12.9. The first-order chi connectivity index (χ1) is 8.07. The van der Waals surface area contributed by atoms with E-state index < -0.39 is 7.14 Å². The molecule has 0 saturated carbocycles. The third kappa shape index (κ3) is 3.19. The number of hydrogen-bond donors (Lipinski definition) is 0. The van der Waals surface area contributed by atoms with Crippen molar-refractivity contribution in [3.63, 3.8) is 0 Å². The van der Waals surface area contributed by atoms with E-state index in [9.17, 15) is 9.36 Å².